The van der Waals surface area contributed by atoms with Crippen LogP contribution in [0.4, 0.5) is 4.39 Å². The number of halogens is 1. The lowest BCUT2D eigenvalue weighted by molar-refractivity contribution is 0.0938. The van der Waals surface area contributed by atoms with Gasteiger partial charge < -0.3 is 9.88 Å². The molecule has 0 saturated heterocycles. The van der Waals surface area contributed by atoms with Crippen molar-refractivity contribution < 1.29 is 9.18 Å². The predicted molar refractivity (Wildman–Crippen MR) is 94.6 cm³/mol. The Kier molecular flexibility index (Phi) is 4.65. The molecule has 0 aliphatic heterocycles. The molecule has 0 spiro atoms. The molecule has 3 rings (SSSR count). The van der Waals surface area contributed by atoms with Crippen molar-refractivity contribution in [1.82, 2.24) is 9.88 Å². The van der Waals surface area contributed by atoms with Gasteiger partial charge >= 0.3 is 0 Å². The molecule has 0 bridgehead atoms. The Morgan fingerprint density at radius 3 is 2.62 bits per heavy atom. The molecule has 3 aromatic rings. The number of aromatic nitrogens is 1. The molecule has 1 heterocycles. The summed E-state index contributed by atoms with van der Waals surface area (Å²) in [5.74, 6) is -0.504. The third kappa shape index (κ3) is 3.48. The molecule has 1 amide bonds. The lowest BCUT2D eigenvalue weighted by Gasteiger charge is -2.13. The second kappa shape index (κ2) is 6.87. The highest BCUT2D eigenvalue weighted by molar-refractivity contribution is 5.94. The Bertz CT molecular complexity index is 852. The lowest BCUT2D eigenvalue weighted by atomic mass is 10.0. The summed E-state index contributed by atoms with van der Waals surface area (Å²) in [5, 5.41) is 4.23. The summed E-state index contributed by atoms with van der Waals surface area (Å²) in [5.41, 5.74) is 2.99. The minimum Gasteiger partial charge on any atom is -0.350 e. The first-order valence-electron chi connectivity index (χ1n) is 8.14. The summed E-state index contributed by atoms with van der Waals surface area (Å²) in [7, 11) is 2.05. The van der Waals surface area contributed by atoms with Crippen LogP contribution in [0.15, 0.2) is 54.7 Å². The molecule has 2 aromatic carbocycles. The minimum atomic E-state index is -0.337. The van der Waals surface area contributed by atoms with Crippen molar-refractivity contribution >= 4 is 16.8 Å². The van der Waals surface area contributed by atoms with Crippen molar-refractivity contribution in [1.29, 1.82) is 0 Å². The van der Waals surface area contributed by atoms with E-state index in [2.05, 4.69) is 28.2 Å². The van der Waals surface area contributed by atoms with Crippen LogP contribution in [0.1, 0.15) is 29.3 Å². The van der Waals surface area contributed by atoms with Crippen LogP contribution in [0.2, 0.25) is 0 Å². The maximum absolute atomic E-state index is 12.9. The van der Waals surface area contributed by atoms with Gasteiger partial charge in [-0.3, -0.25) is 4.79 Å². The molecular weight excluding hydrogens is 303 g/mol. The number of nitrogens with zero attached hydrogens (tertiary/aromatic N) is 1. The summed E-state index contributed by atoms with van der Waals surface area (Å²) < 4.78 is 15.0. The third-order valence-corrected chi connectivity index (χ3v) is 4.31. The fourth-order valence-corrected chi connectivity index (χ4v) is 2.98. The van der Waals surface area contributed by atoms with E-state index in [9.17, 15) is 9.18 Å². The van der Waals surface area contributed by atoms with Gasteiger partial charge in [0.2, 0.25) is 0 Å². The van der Waals surface area contributed by atoms with Crippen LogP contribution in [-0.2, 0) is 13.5 Å². The number of aryl methyl sites for hydroxylation is 2. The largest absolute Gasteiger partial charge is 0.350 e. The van der Waals surface area contributed by atoms with Crippen LogP contribution in [-0.4, -0.2) is 16.5 Å². The van der Waals surface area contributed by atoms with Gasteiger partial charge in [0.1, 0.15) is 5.82 Å². The Balaban J connectivity index is 1.61. The molecule has 0 radical (unpaired) electrons. The quantitative estimate of drug-likeness (QED) is 0.754. The second-order valence-electron chi connectivity index (χ2n) is 6.20. The van der Waals surface area contributed by atoms with E-state index in [1.807, 2.05) is 26.1 Å². The molecule has 24 heavy (non-hydrogen) atoms. The van der Waals surface area contributed by atoms with Gasteiger partial charge in [0.15, 0.2) is 0 Å². The zero-order chi connectivity index (χ0) is 17.1. The maximum atomic E-state index is 12.9. The number of carbonyl (C=O) groups excluding carboxylic acids is 1. The van der Waals surface area contributed by atoms with Gasteiger partial charge in [-0.1, -0.05) is 18.2 Å². The molecule has 0 saturated carbocycles. The number of hydrogen-bond donors (Lipinski definition) is 1. The number of fused-ring (bicyclic) bond motifs is 1. The van der Waals surface area contributed by atoms with Gasteiger partial charge in [0, 0.05) is 35.8 Å². The minimum absolute atomic E-state index is 0.0431. The molecule has 4 heteroatoms. The van der Waals surface area contributed by atoms with Gasteiger partial charge in [-0.2, -0.15) is 0 Å². The molecule has 0 aliphatic carbocycles. The molecule has 0 fully saturated rings. The van der Waals surface area contributed by atoms with Crippen molar-refractivity contribution in [2.45, 2.75) is 25.8 Å². The number of carbonyl (C=O) groups is 1. The Morgan fingerprint density at radius 2 is 1.88 bits per heavy atom. The highest BCUT2D eigenvalue weighted by Crippen LogP contribution is 2.21. The summed E-state index contributed by atoms with van der Waals surface area (Å²) >= 11 is 0. The highest BCUT2D eigenvalue weighted by atomic mass is 19.1. The first-order chi connectivity index (χ1) is 11.5. The molecule has 1 aromatic heterocycles. The van der Waals surface area contributed by atoms with Crippen molar-refractivity contribution in [3.05, 3.63) is 71.7 Å². The fraction of sp³-hybridized carbons (Fsp3) is 0.250. The fourth-order valence-electron chi connectivity index (χ4n) is 2.98. The number of nitrogens with one attached hydrogen (secondary N) is 1. The van der Waals surface area contributed by atoms with E-state index in [4.69, 9.17) is 0 Å². The van der Waals surface area contributed by atoms with Crippen LogP contribution in [0.25, 0.3) is 10.9 Å². The first-order valence-corrected chi connectivity index (χ1v) is 8.14. The van der Waals surface area contributed by atoms with Crippen LogP contribution >= 0.6 is 0 Å². The standard InChI is InChI=1S/C20H21FN2O/c1-14(22-20(24)15-9-11-17(21)12-10-15)7-8-16-13-23(2)19-6-4-3-5-18(16)19/h3-6,9-14H,7-8H2,1-2H3,(H,22,24)/t14-/m0/s1. The Morgan fingerprint density at radius 1 is 1.17 bits per heavy atom. The van der Waals surface area contributed by atoms with Gasteiger partial charge in [0.25, 0.3) is 5.91 Å². The summed E-state index contributed by atoms with van der Waals surface area (Å²) in [4.78, 5) is 12.2. The van der Waals surface area contributed by atoms with Crippen LogP contribution < -0.4 is 5.32 Å². The molecule has 124 valence electrons. The summed E-state index contributed by atoms with van der Waals surface area (Å²) in [6.45, 7) is 1.99. The number of amides is 1. The van der Waals surface area contributed by atoms with Gasteiger partial charge in [-0.25, -0.2) is 4.39 Å². The third-order valence-electron chi connectivity index (χ3n) is 4.31. The monoisotopic (exact) mass is 324 g/mol. The van der Waals surface area contributed by atoms with Crippen molar-refractivity contribution in [3.8, 4) is 0 Å². The van der Waals surface area contributed by atoms with E-state index in [0.29, 0.717) is 5.56 Å². The van der Waals surface area contributed by atoms with E-state index in [-0.39, 0.29) is 17.8 Å². The predicted octanol–water partition coefficient (Wildman–Crippen LogP) is 4.07. The van der Waals surface area contributed by atoms with Gasteiger partial charge in [-0.05, 0) is 55.7 Å². The first kappa shape index (κ1) is 16.2. The molecular formula is C20H21FN2O. The zero-order valence-electron chi connectivity index (χ0n) is 13.9. The number of para-hydroxylation sites is 1. The lowest BCUT2D eigenvalue weighted by Crippen LogP contribution is -2.32. The molecule has 3 nitrogen and oxygen atoms in total. The van der Waals surface area contributed by atoms with Crippen LogP contribution in [0.5, 0.6) is 0 Å². The summed E-state index contributed by atoms with van der Waals surface area (Å²) in [6, 6.07) is 14.0. The Labute approximate surface area is 141 Å². The SMILES string of the molecule is C[C@@H](CCc1cn(C)c2ccccc12)NC(=O)c1ccc(F)cc1. The topological polar surface area (TPSA) is 34.0 Å². The Hall–Kier alpha value is -2.62. The van der Waals surface area contributed by atoms with Crippen molar-refractivity contribution in [2.24, 2.45) is 7.05 Å². The molecule has 0 unspecified atom stereocenters. The molecule has 0 aliphatic rings. The summed E-state index contributed by atoms with van der Waals surface area (Å²) in [6.07, 6.45) is 3.90. The zero-order valence-corrected chi connectivity index (χ0v) is 13.9. The van der Waals surface area contributed by atoms with Gasteiger partial charge in [-0.15, -0.1) is 0 Å². The van der Waals surface area contributed by atoms with E-state index in [1.54, 1.807) is 0 Å². The normalized spacial score (nSPS) is 12.3. The van der Waals surface area contributed by atoms with E-state index >= 15 is 0 Å². The van der Waals surface area contributed by atoms with E-state index < -0.39 is 0 Å². The van der Waals surface area contributed by atoms with Crippen molar-refractivity contribution in [2.75, 3.05) is 0 Å². The smallest absolute Gasteiger partial charge is 0.251 e. The number of rotatable bonds is 5. The highest BCUT2D eigenvalue weighted by Gasteiger charge is 2.12. The number of benzene rings is 2. The van der Waals surface area contributed by atoms with E-state index in [1.165, 1.54) is 40.7 Å². The average Bonchev–Trinajstić information content (AvgIpc) is 2.90. The molecule has 1 N–H and O–H groups in total. The van der Waals surface area contributed by atoms with Crippen LogP contribution in [0, 0.1) is 5.82 Å². The van der Waals surface area contributed by atoms with Gasteiger partial charge in [0.05, 0.1) is 0 Å². The molecule has 1 atom stereocenters. The van der Waals surface area contributed by atoms with E-state index in [0.717, 1.165) is 12.8 Å². The van der Waals surface area contributed by atoms with Crippen molar-refractivity contribution in [3.63, 3.8) is 0 Å². The second-order valence-corrected chi connectivity index (χ2v) is 6.20. The number of hydrogen-bond acceptors (Lipinski definition) is 1. The maximum Gasteiger partial charge on any atom is 0.251 e. The van der Waals surface area contributed by atoms with Crippen LogP contribution in [0.3, 0.4) is 0 Å². The average molecular weight is 324 g/mol.